The molecule has 3 aliphatic rings. The Morgan fingerprint density at radius 1 is 1.17 bits per heavy atom. The molecule has 4 rings (SSSR count). The van der Waals surface area contributed by atoms with Crippen LogP contribution in [0.25, 0.3) is 0 Å². The average molecular weight is 248 g/mol. The van der Waals surface area contributed by atoms with E-state index in [1.54, 1.807) is 12.1 Å². The van der Waals surface area contributed by atoms with Gasteiger partial charge >= 0.3 is 0 Å². The molecule has 98 valence electrons. The first-order valence-corrected chi connectivity index (χ1v) is 7.01. The van der Waals surface area contributed by atoms with Crippen LogP contribution in [0, 0.1) is 11.7 Å². The van der Waals surface area contributed by atoms with E-state index in [1.165, 1.54) is 38.0 Å². The molecule has 1 unspecified atom stereocenters. The Morgan fingerprint density at radius 2 is 1.89 bits per heavy atom. The molecular formula is C15H21FN2. The summed E-state index contributed by atoms with van der Waals surface area (Å²) in [6, 6.07) is 7.53. The summed E-state index contributed by atoms with van der Waals surface area (Å²) in [5, 5.41) is 3.68. The van der Waals surface area contributed by atoms with Gasteiger partial charge in [0.1, 0.15) is 5.82 Å². The molecule has 1 aromatic carbocycles. The van der Waals surface area contributed by atoms with Crippen LogP contribution >= 0.6 is 0 Å². The van der Waals surface area contributed by atoms with Gasteiger partial charge in [-0.05, 0) is 62.5 Å². The van der Waals surface area contributed by atoms with E-state index in [1.807, 2.05) is 12.1 Å². The number of rotatable bonds is 4. The van der Waals surface area contributed by atoms with E-state index < -0.39 is 0 Å². The molecule has 3 heterocycles. The smallest absolute Gasteiger partial charge is 0.123 e. The molecule has 0 amide bonds. The van der Waals surface area contributed by atoms with Gasteiger partial charge in [-0.25, -0.2) is 4.39 Å². The summed E-state index contributed by atoms with van der Waals surface area (Å²) < 4.78 is 12.8. The van der Waals surface area contributed by atoms with E-state index in [0.29, 0.717) is 6.04 Å². The van der Waals surface area contributed by atoms with Crippen molar-refractivity contribution in [3.8, 4) is 0 Å². The Balaban J connectivity index is 1.46. The maximum atomic E-state index is 12.8. The highest BCUT2D eigenvalue weighted by molar-refractivity contribution is 5.16. The SMILES string of the molecule is Fc1ccc(CCNC2CN3CCC2CC3)cc1. The van der Waals surface area contributed by atoms with E-state index in [2.05, 4.69) is 10.2 Å². The van der Waals surface area contributed by atoms with Crippen LogP contribution in [0.1, 0.15) is 18.4 Å². The van der Waals surface area contributed by atoms with Crippen LogP contribution in [-0.4, -0.2) is 37.1 Å². The average Bonchev–Trinajstić information content (AvgIpc) is 2.42. The van der Waals surface area contributed by atoms with E-state index >= 15 is 0 Å². The molecule has 0 spiro atoms. The predicted molar refractivity (Wildman–Crippen MR) is 71.1 cm³/mol. The minimum Gasteiger partial charge on any atom is -0.312 e. The van der Waals surface area contributed by atoms with E-state index in [-0.39, 0.29) is 5.82 Å². The first kappa shape index (κ1) is 12.1. The molecule has 0 radical (unpaired) electrons. The highest BCUT2D eigenvalue weighted by Crippen LogP contribution is 2.27. The Labute approximate surface area is 108 Å². The Bertz CT molecular complexity index is 382. The van der Waals surface area contributed by atoms with Gasteiger partial charge in [0.05, 0.1) is 0 Å². The minimum atomic E-state index is -0.149. The number of hydrogen-bond acceptors (Lipinski definition) is 2. The van der Waals surface area contributed by atoms with Crippen LogP contribution in [0.3, 0.4) is 0 Å². The fraction of sp³-hybridized carbons (Fsp3) is 0.600. The van der Waals surface area contributed by atoms with Crippen LogP contribution in [0.2, 0.25) is 0 Å². The zero-order valence-electron chi connectivity index (χ0n) is 10.7. The lowest BCUT2D eigenvalue weighted by Crippen LogP contribution is -2.56. The standard InChI is InChI=1S/C15H21FN2/c16-14-3-1-12(2-4-14)5-8-17-15-11-18-9-6-13(15)7-10-18/h1-4,13,15,17H,5-11H2. The maximum Gasteiger partial charge on any atom is 0.123 e. The van der Waals surface area contributed by atoms with E-state index in [4.69, 9.17) is 0 Å². The number of piperidine rings is 3. The van der Waals surface area contributed by atoms with Gasteiger partial charge in [-0.2, -0.15) is 0 Å². The zero-order valence-corrected chi connectivity index (χ0v) is 10.7. The molecule has 1 N–H and O–H groups in total. The van der Waals surface area contributed by atoms with Crippen molar-refractivity contribution in [1.29, 1.82) is 0 Å². The van der Waals surface area contributed by atoms with Gasteiger partial charge < -0.3 is 10.2 Å². The minimum absolute atomic E-state index is 0.149. The third-order valence-electron chi connectivity index (χ3n) is 4.39. The molecule has 0 saturated carbocycles. The lowest BCUT2D eigenvalue weighted by molar-refractivity contribution is 0.0731. The number of hydrogen-bond donors (Lipinski definition) is 1. The van der Waals surface area contributed by atoms with Gasteiger partial charge in [-0.15, -0.1) is 0 Å². The van der Waals surface area contributed by atoms with Crippen LogP contribution in [-0.2, 0) is 6.42 Å². The molecule has 18 heavy (non-hydrogen) atoms. The first-order valence-electron chi connectivity index (χ1n) is 7.01. The van der Waals surface area contributed by atoms with Crippen LogP contribution in [0.4, 0.5) is 4.39 Å². The topological polar surface area (TPSA) is 15.3 Å². The van der Waals surface area contributed by atoms with Gasteiger partial charge in [0.25, 0.3) is 0 Å². The van der Waals surface area contributed by atoms with E-state index in [9.17, 15) is 4.39 Å². The first-order chi connectivity index (χ1) is 8.81. The van der Waals surface area contributed by atoms with Crippen LogP contribution in [0.5, 0.6) is 0 Å². The summed E-state index contributed by atoms with van der Waals surface area (Å²) in [5.41, 5.74) is 1.21. The van der Waals surface area contributed by atoms with Gasteiger partial charge in [-0.3, -0.25) is 0 Å². The lowest BCUT2D eigenvalue weighted by Gasteiger charge is -2.45. The van der Waals surface area contributed by atoms with Crippen molar-refractivity contribution in [2.75, 3.05) is 26.2 Å². The van der Waals surface area contributed by atoms with Gasteiger partial charge in [-0.1, -0.05) is 12.1 Å². The lowest BCUT2D eigenvalue weighted by atomic mass is 9.84. The molecular weight excluding hydrogens is 227 g/mol. The molecule has 3 heteroatoms. The third-order valence-corrected chi connectivity index (χ3v) is 4.39. The van der Waals surface area contributed by atoms with Crippen molar-refractivity contribution in [3.63, 3.8) is 0 Å². The molecule has 3 aliphatic heterocycles. The molecule has 2 bridgehead atoms. The number of halogens is 1. The summed E-state index contributed by atoms with van der Waals surface area (Å²) in [6.45, 7) is 4.80. The molecule has 2 nitrogen and oxygen atoms in total. The van der Waals surface area contributed by atoms with Crippen molar-refractivity contribution in [2.45, 2.75) is 25.3 Å². The summed E-state index contributed by atoms with van der Waals surface area (Å²) in [4.78, 5) is 2.57. The molecule has 0 aromatic heterocycles. The fourth-order valence-corrected chi connectivity index (χ4v) is 3.25. The van der Waals surface area contributed by atoms with E-state index in [0.717, 1.165) is 18.9 Å². The quantitative estimate of drug-likeness (QED) is 0.877. The second-order valence-corrected chi connectivity index (χ2v) is 5.58. The predicted octanol–water partition coefficient (Wildman–Crippen LogP) is 2.05. The second-order valence-electron chi connectivity index (χ2n) is 5.58. The van der Waals surface area contributed by atoms with Crippen molar-refractivity contribution in [3.05, 3.63) is 35.6 Å². The monoisotopic (exact) mass is 248 g/mol. The van der Waals surface area contributed by atoms with Crippen LogP contribution < -0.4 is 5.32 Å². The second kappa shape index (κ2) is 5.37. The Hall–Kier alpha value is -0.930. The maximum absolute atomic E-state index is 12.8. The van der Waals surface area contributed by atoms with Crippen LogP contribution in [0.15, 0.2) is 24.3 Å². The summed E-state index contributed by atoms with van der Waals surface area (Å²) in [5.74, 6) is 0.729. The summed E-state index contributed by atoms with van der Waals surface area (Å²) >= 11 is 0. The largest absolute Gasteiger partial charge is 0.312 e. The molecule has 1 atom stereocenters. The van der Waals surface area contributed by atoms with Crippen molar-refractivity contribution in [1.82, 2.24) is 10.2 Å². The van der Waals surface area contributed by atoms with Crippen molar-refractivity contribution in [2.24, 2.45) is 5.92 Å². The van der Waals surface area contributed by atoms with Crippen molar-refractivity contribution < 1.29 is 4.39 Å². The Morgan fingerprint density at radius 3 is 2.50 bits per heavy atom. The normalized spacial score (nSPS) is 30.6. The summed E-state index contributed by atoms with van der Waals surface area (Å²) in [6.07, 6.45) is 3.70. The number of nitrogens with one attached hydrogen (secondary N) is 1. The molecule has 3 saturated heterocycles. The highest BCUT2D eigenvalue weighted by atomic mass is 19.1. The number of fused-ring (bicyclic) bond motifs is 3. The highest BCUT2D eigenvalue weighted by Gasteiger charge is 2.33. The fourth-order valence-electron chi connectivity index (χ4n) is 3.25. The Kier molecular flexibility index (Phi) is 3.62. The van der Waals surface area contributed by atoms with Gasteiger partial charge in [0.15, 0.2) is 0 Å². The number of benzene rings is 1. The molecule has 0 aliphatic carbocycles. The molecule has 1 aromatic rings. The molecule has 3 fully saturated rings. The van der Waals surface area contributed by atoms with Gasteiger partial charge in [0, 0.05) is 12.6 Å². The van der Waals surface area contributed by atoms with Gasteiger partial charge in [0.2, 0.25) is 0 Å². The summed E-state index contributed by atoms with van der Waals surface area (Å²) in [7, 11) is 0. The number of nitrogens with zero attached hydrogens (tertiary/aromatic N) is 1. The van der Waals surface area contributed by atoms with Crippen molar-refractivity contribution >= 4 is 0 Å². The zero-order chi connectivity index (χ0) is 12.4. The third kappa shape index (κ3) is 2.73.